The Labute approximate surface area is 182 Å². The van der Waals surface area contributed by atoms with Crippen LogP contribution in [0.5, 0.6) is 0 Å². The Morgan fingerprint density at radius 1 is 1.16 bits per heavy atom. The molecule has 32 heavy (non-hydrogen) atoms. The van der Waals surface area contributed by atoms with Crippen LogP contribution >= 0.6 is 0 Å². The molecule has 0 spiro atoms. The van der Waals surface area contributed by atoms with Gasteiger partial charge in [-0.15, -0.1) is 0 Å². The molecule has 3 aromatic heterocycles. The summed E-state index contributed by atoms with van der Waals surface area (Å²) >= 11 is 0. The molecular weight excluding hydrogens is 414 g/mol. The van der Waals surface area contributed by atoms with Crippen molar-refractivity contribution in [1.29, 1.82) is 0 Å². The summed E-state index contributed by atoms with van der Waals surface area (Å²) in [6.45, 7) is 10.8. The van der Waals surface area contributed by atoms with E-state index in [0.717, 1.165) is 6.20 Å². The van der Waals surface area contributed by atoms with Gasteiger partial charge in [-0.2, -0.15) is 0 Å². The van der Waals surface area contributed by atoms with E-state index in [1.54, 1.807) is 26.0 Å². The molecule has 3 heterocycles. The molecule has 0 amide bonds. The number of benzene rings is 1. The monoisotopic (exact) mass is 432 g/mol. The summed E-state index contributed by atoms with van der Waals surface area (Å²) < 4.78 is 29.2. The van der Waals surface area contributed by atoms with Crippen LogP contribution in [-0.2, 0) is 0 Å². The van der Waals surface area contributed by atoms with Gasteiger partial charge in [-0.05, 0) is 60.9 Å². The molecule has 3 N–H and O–H groups in total. The number of fused-ring (bicyclic) bond motifs is 1. The number of hydrogen-bond acceptors (Lipinski definition) is 5. The molecule has 4 aromatic rings. The number of rotatable bonds is 4. The minimum absolute atomic E-state index is 0.0275. The number of aromatic nitrogens is 3. The van der Waals surface area contributed by atoms with Crippen LogP contribution in [0.4, 0.5) is 26.1 Å². The van der Waals surface area contributed by atoms with Gasteiger partial charge in [0.1, 0.15) is 29.6 Å². The van der Waals surface area contributed by atoms with Gasteiger partial charge < -0.3 is 11.1 Å². The number of nitrogens with one attached hydrogen (secondary N) is 1. The Morgan fingerprint density at radius 3 is 2.66 bits per heavy atom. The molecule has 160 valence electrons. The lowest BCUT2D eigenvalue weighted by Gasteiger charge is -2.20. The van der Waals surface area contributed by atoms with Crippen molar-refractivity contribution >= 4 is 22.8 Å². The molecule has 0 aliphatic heterocycles. The summed E-state index contributed by atoms with van der Waals surface area (Å²) in [5, 5.41) is 3.10. The number of nitrogens with zero attached hydrogens (tertiary/aromatic N) is 4. The largest absolute Gasteiger partial charge is 0.392 e. The summed E-state index contributed by atoms with van der Waals surface area (Å²) in [7, 11) is 0. The second-order valence-corrected chi connectivity index (χ2v) is 7.37. The van der Waals surface area contributed by atoms with Gasteiger partial charge in [-0.1, -0.05) is 6.07 Å². The van der Waals surface area contributed by atoms with Gasteiger partial charge >= 0.3 is 0 Å². The van der Waals surface area contributed by atoms with Crippen molar-refractivity contribution in [1.82, 2.24) is 14.4 Å². The lowest BCUT2D eigenvalue weighted by molar-refractivity contribution is 0.618. The summed E-state index contributed by atoms with van der Waals surface area (Å²) in [4.78, 5) is 24.7. The highest BCUT2D eigenvalue weighted by Crippen LogP contribution is 2.33. The second-order valence-electron chi connectivity index (χ2n) is 7.37. The van der Waals surface area contributed by atoms with E-state index in [-0.39, 0.29) is 22.9 Å². The highest BCUT2D eigenvalue weighted by atomic mass is 19.1. The van der Waals surface area contributed by atoms with Crippen molar-refractivity contribution in [2.75, 3.05) is 11.1 Å². The maximum Gasteiger partial charge on any atom is 0.268 e. The SMILES string of the molecule is [C-]#[N+]c1c(N)ncnc1N[C@@H](C)c1cc2ccc(F)cn2c(=O)c1-c1cc(C)cc(F)c1. The minimum Gasteiger partial charge on any atom is -0.392 e. The van der Waals surface area contributed by atoms with Crippen molar-refractivity contribution in [2.24, 2.45) is 0 Å². The van der Waals surface area contributed by atoms with E-state index in [4.69, 9.17) is 12.3 Å². The predicted molar refractivity (Wildman–Crippen MR) is 119 cm³/mol. The first-order valence-corrected chi connectivity index (χ1v) is 9.65. The highest BCUT2D eigenvalue weighted by molar-refractivity contribution is 5.77. The van der Waals surface area contributed by atoms with E-state index in [1.807, 2.05) is 0 Å². The average Bonchev–Trinajstić information content (AvgIpc) is 2.73. The molecule has 4 rings (SSSR count). The molecule has 7 nitrogen and oxygen atoms in total. The molecular formula is C23H18F2N6O. The van der Waals surface area contributed by atoms with Gasteiger partial charge in [0.15, 0.2) is 0 Å². The van der Waals surface area contributed by atoms with Gasteiger partial charge in [0.2, 0.25) is 0 Å². The van der Waals surface area contributed by atoms with E-state index in [0.29, 0.717) is 22.2 Å². The van der Waals surface area contributed by atoms with E-state index in [2.05, 4.69) is 20.1 Å². The Bertz CT molecular complexity index is 1440. The van der Waals surface area contributed by atoms with Crippen LogP contribution in [-0.4, -0.2) is 14.4 Å². The lowest BCUT2D eigenvalue weighted by atomic mass is 9.95. The fourth-order valence-corrected chi connectivity index (χ4v) is 3.66. The number of aryl methyl sites for hydroxylation is 1. The Kier molecular flexibility index (Phi) is 5.28. The number of halogens is 2. The van der Waals surface area contributed by atoms with Gasteiger partial charge in [0.05, 0.1) is 12.1 Å². The van der Waals surface area contributed by atoms with E-state index in [9.17, 15) is 13.6 Å². The summed E-state index contributed by atoms with van der Waals surface area (Å²) in [6, 6.07) is 8.23. The van der Waals surface area contributed by atoms with Crippen LogP contribution < -0.4 is 16.6 Å². The molecule has 9 heteroatoms. The quantitative estimate of drug-likeness (QED) is 0.458. The molecule has 0 unspecified atom stereocenters. The number of anilines is 2. The van der Waals surface area contributed by atoms with Crippen LogP contribution in [0.3, 0.4) is 0 Å². The number of pyridine rings is 2. The third-order valence-electron chi connectivity index (χ3n) is 5.08. The maximum atomic E-state index is 14.2. The molecule has 0 aliphatic rings. The second kappa shape index (κ2) is 8.07. The smallest absolute Gasteiger partial charge is 0.268 e. The van der Waals surface area contributed by atoms with E-state index >= 15 is 0 Å². The number of nitrogens with two attached hydrogens (primary N) is 1. The first kappa shape index (κ1) is 20.9. The van der Waals surface area contributed by atoms with Crippen molar-refractivity contribution in [3.63, 3.8) is 0 Å². The number of nitrogen functional groups attached to an aromatic ring is 1. The number of hydrogen-bond donors (Lipinski definition) is 2. The van der Waals surface area contributed by atoms with E-state index in [1.165, 1.54) is 35.0 Å². The van der Waals surface area contributed by atoms with Crippen molar-refractivity contribution in [3.8, 4) is 11.1 Å². The van der Waals surface area contributed by atoms with Crippen molar-refractivity contribution in [2.45, 2.75) is 19.9 Å². The average molecular weight is 432 g/mol. The Morgan fingerprint density at radius 2 is 1.94 bits per heavy atom. The summed E-state index contributed by atoms with van der Waals surface area (Å²) in [6.07, 6.45) is 2.32. The van der Waals surface area contributed by atoms with Crippen molar-refractivity contribution in [3.05, 3.63) is 93.5 Å². The van der Waals surface area contributed by atoms with Gasteiger partial charge in [0, 0.05) is 17.8 Å². The van der Waals surface area contributed by atoms with Crippen LogP contribution in [0.25, 0.3) is 21.5 Å². The summed E-state index contributed by atoms with van der Waals surface area (Å²) in [5.41, 5.74) is 7.54. The van der Waals surface area contributed by atoms with Crippen LogP contribution in [0.1, 0.15) is 24.1 Å². The molecule has 1 atom stereocenters. The topological polar surface area (TPSA) is 89.7 Å². The minimum atomic E-state index is -0.571. The zero-order chi connectivity index (χ0) is 23.0. The molecule has 1 aromatic carbocycles. The first-order valence-electron chi connectivity index (χ1n) is 9.65. The molecule has 0 fully saturated rings. The molecule has 0 bridgehead atoms. The van der Waals surface area contributed by atoms with Gasteiger partial charge in [-0.25, -0.2) is 23.6 Å². The fraction of sp³-hybridized carbons (Fsp3) is 0.130. The molecule has 0 saturated heterocycles. The Balaban J connectivity index is 1.96. The third-order valence-corrected chi connectivity index (χ3v) is 5.08. The molecule has 0 radical (unpaired) electrons. The third kappa shape index (κ3) is 3.74. The molecule has 0 saturated carbocycles. The van der Waals surface area contributed by atoms with E-state index < -0.39 is 23.2 Å². The normalized spacial score (nSPS) is 11.8. The highest BCUT2D eigenvalue weighted by Gasteiger charge is 2.21. The predicted octanol–water partition coefficient (Wildman–Crippen LogP) is 4.65. The zero-order valence-corrected chi connectivity index (χ0v) is 17.2. The first-order chi connectivity index (χ1) is 15.3. The molecule has 0 aliphatic carbocycles. The summed E-state index contributed by atoms with van der Waals surface area (Å²) in [5.74, 6) is -0.826. The Hall–Kier alpha value is -4.32. The van der Waals surface area contributed by atoms with Crippen LogP contribution in [0.15, 0.2) is 53.7 Å². The standard InChI is InChI=1S/C23H18F2N6O/c1-12-6-14(8-16(25)7-12)19-18(9-17-5-4-15(24)10-31(17)23(19)32)13(2)30-22-20(27-3)21(26)28-11-29-22/h4-11,13H,1-2H3,(H3,26,28,29,30)/t13-/m0/s1. The van der Waals surface area contributed by atoms with Gasteiger partial charge in [-0.3, -0.25) is 9.20 Å². The van der Waals surface area contributed by atoms with Crippen molar-refractivity contribution < 1.29 is 8.78 Å². The van der Waals surface area contributed by atoms with Crippen LogP contribution in [0, 0.1) is 25.1 Å². The maximum absolute atomic E-state index is 14.2. The zero-order valence-electron chi connectivity index (χ0n) is 17.2. The van der Waals surface area contributed by atoms with Crippen LogP contribution in [0.2, 0.25) is 0 Å². The lowest BCUT2D eigenvalue weighted by Crippen LogP contribution is -2.21. The van der Waals surface area contributed by atoms with Gasteiger partial charge in [0.25, 0.3) is 11.2 Å². The fourth-order valence-electron chi connectivity index (χ4n) is 3.66.